The van der Waals surface area contributed by atoms with Gasteiger partial charge in [0.05, 0.1) is 0 Å². The summed E-state index contributed by atoms with van der Waals surface area (Å²) in [6, 6.07) is 4.38. The summed E-state index contributed by atoms with van der Waals surface area (Å²) in [7, 11) is -0.255. The van der Waals surface area contributed by atoms with Gasteiger partial charge >= 0.3 is 0 Å². The molecule has 0 spiro atoms. The summed E-state index contributed by atoms with van der Waals surface area (Å²) in [4.78, 5) is 0. The van der Waals surface area contributed by atoms with Gasteiger partial charge in [-0.3, -0.25) is 0 Å². The molecule has 0 nitrogen and oxygen atoms in total. The first-order valence-corrected chi connectivity index (χ1v) is 6.09. The first kappa shape index (κ1) is 8.22. The Morgan fingerprint density at radius 1 is 1.25 bits per heavy atom. The van der Waals surface area contributed by atoms with Crippen molar-refractivity contribution in [1.82, 2.24) is 0 Å². The van der Waals surface area contributed by atoms with Crippen molar-refractivity contribution in [1.29, 1.82) is 0 Å². The maximum Gasteiger partial charge on any atom is 0.0362 e. The van der Waals surface area contributed by atoms with Crippen LogP contribution in [0.25, 0.3) is 0 Å². The predicted octanol–water partition coefficient (Wildman–Crippen LogP) is 2.48. The summed E-state index contributed by atoms with van der Waals surface area (Å²) in [5.41, 5.74) is 0. The maximum atomic E-state index is 3.86. The van der Waals surface area contributed by atoms with Crippen LogP contribution in [0.4, 0.5) is 0 Å². The summed E-state index contributed by atoms with van der Waals surface area (Å²) in [5, 5.41) is 0. The second-order valence-electron chi connectivity index (χ2n) is 2.32. The fourth-order valence-corrected chi connectivity index (χ4v) is 2.96. The van der Waals surface area contributed by atoms with Gasteiger partial charge in [0.1, 0.15) is 0 Å². The molecule has 0 amide bonds. The van der Waals surface area contributed by atoms with E-state index >= 15 is 0 Å². The predicted molar refractivity (Wildman–Crippen MR) is 42.9 cm³/mol. The number of hydrogen-bond acceptors (Lipinski definition) is 0. The molecule has 0 aliphatic heterocycles. The molecule has 0 fully saturated rings. The van der Waals surface area contributed by atoms with Gasteiger partial charge in [0.2, 0.25) is 0 Å². The highest BCUT2D eigenvalue weighted by Crippen LogP contribution is 2.05. The number of rotatable bonds is 4. The molecule has 0 heterocycles. The van der Waals surface area contributed by atoms with Crippen LogP contribution in [0.15, 0.2) is 0 Å². The average molecular weight is 129 g/mol. The van der Waals surface area contributed by atoms with Gasteiger partial charge < -0.3 is 0 Å². The van der Waals surface area contributed by atoms with Crippen LogP contribution in [-0.2, 0) is 0 Å². The van der Waals surface area contributed by atoms with Gasteiger partial charge in [0, 0.05) is 8.80 Å². The molecule has 0 saturated carbocycles. The van der Waals surface area contributed by atoms with Crippen molar-refractivity contribution < 1.29 is 0 Å². The molecule has 0 aliphatic carbocycles. The van der Waals surface area contributed by atoms with Gasteiger partial charge in [-0.25, -0.2) is 0 Å². The molecular formula is C7H17Si. The Kier molecular flexibility index (Phi) is 5.50. The molecule has 0 aromatic carbocycles. The van der Waals surface area contributed by atoms with E-state index in [4.69, 9.17) is 0 Å². The smallest absolute Gasteiger partial charge is 0.0362 e. The molecule has 1 radical (unpaired) electrons. The highest BCUT2D eigenvalue weighted by Gasteiger charge is 2.01. The lowest BCUT2D eigenvalue weighted by atomic mass is 10.6. The van der Waals surface area contributed by atoms with Crippen LogP contribution in [0.5, 0.6) is 0 Å². The second-order valence-corrected chi connectivity index (χ2v) is 6.27. The Morgan fingerprint density at radius 3 is 1.88 bits per heavy atom. The minimum Gasteiger partial charge on any atom is -0.0680 e. The average Bonchev–Trinajstić information content (AvgIpc) is 1.83. The third-order valence-corrected chi connectivity index (χ3v) is 5.30. The summed E-state index contributed by atoms with van der Waals surface area (Å²) in [5.74, 6) is 0. The lowest BCUT2D eigenvalue weighted by Crippen LogP contribution is -2.06. The largest absolute Gasteiger partial charge is 0.0680 e. The number of hydrogen-bond donors (Lipinski definition) is 0. The van der Waals surface area contributed by atoms with E-state index in [0.717, 1.165) is 0 Å². The molecule has 0 atom stereocenters. The van der Waals surface area contributed by atoms with E-state index in [1.165, 1.54) is 24.6 Å². The molecule has 0 aliphatic rings. The Bertz CT molecular complexity index is 39.7. The lowest BCUT2D eigenvalue weighted by molar-refractivity contribution is 1.13. The quantitative estimate of drug-likeness (QED) is 0.512. The highest BCUT2D eigenvalue weighted by molar-refractivity contribution is 6.58. The Labute approximate surface area is 54.9 Å². The normalized spacial score (nSPS) is 10.5. The van der Waals surface area contributed by atoms with Crippen molar-refractivity contribution in [3.63, 3.8) is 0 Å². The monoisotopic (exact) mass is 129 g/mol. The molecule has 0 saturated heterocycles. The van der Waals surface area contributed by atoms with Gasteiger partial charge in [-0.15, -0.1) is 0 Å². The summed E-state index contributed by atoms with van der Waals surface area (Å²) in [6.45, 7) is 8.49. The van der Waals surface area contributed by atoms with Gasteiger partial charge in [0.25, 0.3) is 0 Å². The van der Waals surface area contributed by atoms with E-state index in [1.807, 2.05) is 0 Å². The molecule has 0 aromatic rings. The van der Waals surface area contributed by atoms with Crippen LogP contribution < -0.4 is 0 Å². The molecule has 0 unspecified atom stereocenters. The first-order valence-electron chi connectivity index (χ1n) is 3.64. The zero-order valence-corrected chi connectivity index (χ0v) is 7.27. The van der Waals surface area contributed by atoms with E-state index in [0.29, 0.717) is 0 Å². The van der Waals surface area contributed by atoms with Crippen LogP contribution in [0.2, 0.25) is 18.1 Å². The van der Waals surface area contributed by atoms with Crippen molar-refractivity contribution in [3.8, 4) is 0 Å². The molecule has 0 aromatic heterocycles. The Balaban J connectivity index is 3.07. The topological polar surface area (TPSA) is 0 Å². The molecule has 1 heteroatoms. The SMILES string of the molecule is [CH2]CC[SiH](CC)CC. The highest BCUT2D eigenvalue weighted by atomic mass is 28.3. The van der Waals surface area contributed by atoms with Crippen molar-refractivity contribution in [2.45, 2.75) is 38.4 Å². The third kappa shape index (κ3) is 3.25. The van der Waals surface area contributed by atoms with Crippen LogP contribution in [-0.4, -0.2) is 8.80 Å². The van der Waals surface area contributed by atoms with Crippen LogP contribution >= 0.6 is 0 Å². The summed E-state index contributed by atoms with van der Waals surface area (Å²) in [6.07, 6.45) is 1.17. The van der Waals surface area contributed by atoms with E-state index in [-0.39, 0.29) is 8.80 Å². The molecule has 0 rings (SSSR count). The Morgan fingerprint density at radius 2 is 1.75 bits per heavy atom. The van der Waals surface area contributed by atoms with Crippen molar-refractivity contribution in [2.24, 2.45) is 0 Å². The zero-order chi connectivity index (χ0) is 6.41. The third-order valence-electron chi connectivity index (χ3n) is 1.77. The van der Waals surface area contributed by atoms with Crippen LogP contribution in [0.1, 0.15) is 20.3 Å². The second kappa shape index (κ2) is 5.36. The maximum absolute atomic E-state index is 3.86. The van der Waals surface area contributed by atoms with E-state index in [2.05, 4.69) is 20.8 Å². The summed E-state index contributed by atoms with van der Waals surface area (Å²) >= 11 is 0. The lowest BCUT2D eigenvalue weighted by Gasteiger charge is -2.06. The van der Waals surface area contributed by atoms with Crippen molar-refractivity contribution >= 4 is 8.80 Å². The molecule has 49 valence electrons. The fraction of sp³-hybridized carbons (Fsp3) is 0.857. The molecular weight excluding hydrogens is 112 g/mol. The minimum absolute atomic E-state index is 0.255. The fourth-order valence-electron chi connectivity index (χ4n) is 0.986. The van der Waals surface area contributed by atoms with Crippen LogP contribution in [0.3, 0.4) is 0 Å². The van der Waals surface area contributed by atoms with Gasteiger partial charge in [-0.2, -0.15) is 0 Å². The first-order chi connectivity index (χ1) is 3.85. The van der Waals surface area contributed by atoms with E-state index < -0.39 is 0 Å². The van der Waals surface area contributed by atoms with Crippen molar-refractivity contribution in [2.75, 3.05) is 0 Å². The van der Waals surface area contributed by atoms with Gasteiger partial charge in [-0.05, 0) is 0 Å². The van der Waals surface area contributed by atoms with E-state index in [9.17, 15) is 0 Å². The van der Waals surface area contributed by atoms with Crippen LogP contribution in [0, 0.1) is 6.92 Å². The van der Waals surface area contributed by atoms with Crippen molar-refractivity contribution in [3.05, 3.63) is 6.92 Å². The standard InChI is InChI=1S/C7H17Si/c1-4-7-8(5-2)6-3/h8H,1,4-7H2,2-3H3. The molecule has 0 bridgehead atoms. The van der Waals surface area contributed by atoms with E-state index in [1.54, 1.807) is 0 Å². The van der Waals surface area contributed by atoms with Gasteiger partial charge in [0.15, 0.2) is 0 Å². The minimum atomic E-state index is -0.255. The Hall–Kier alpha value is 0.217. The molecule has 0 N–H and O–H groups in total. The summed E-state index contributed by atoms with van der Waals surface area (Å²) < 4.78 is 0. The molecule has 8 heavy (non-hydrogen) atoms. The van der Waals surface area contributed by atoms with Gasteiger partial charge in [-0.1, -0.05) is 45.3 Å². The zero-order valence-electron chi connectivity index (χ0n) is 6.11.